The second kappa shape index (κ2) is 5.73. The maximum atomic E-state index is 13.1. The summed E-state index contributed by atoms with van der Waals surface area (Å²) in [6.45, 7) is 3.46. The lowest BCUT2D eigenvalue weighted by Crippen LogP contribution is -2.57. The number of ketones is 2. The maximum Gasteiger partial charge on any atom is 0.167 e. The van der Waals surface area contributed by atoms with Crippen molar-refractivity contribution in [1.29, 1.82) is 0 Å². The van der Waals surface area contributed by atoms with Gasteiger partial charge in [-0.15, -0.1) is 0 Å². The standard InChI is InChI=1S/C21H29FO3/c1-20-8-7-13(23)9-12(20)3-4-14-15-5-6-16(18(25)11-22)21(15,2)10-17(24)19(14)20/h9,14-17,19,24H,3-8,10-11H2,1-2H3/t14-,15-,16+,17-,19+,20+,21-/m1/s1. The molecule has 0 aromatic rings. The SMILES string of the molecule is C[C@@]12C[C@@H](O)[C@@H]3[C@H](CCC4=CC(=O)CC[C@@]43C)[C@H]1CC[C@H]2C(=O)CF. The van der Waals surface area contributed by atoms with E-state index in [9.17, 15) is 19.1 Å². The van der Waals surface area contributed by atoms with Crippen molar-refractivity contribution in [2.24, 2.45) is 34.5 Å². The first-order valence-corrected chi connectivity index (χ1v) is 9.82. The maximum absolute atomic E-state index is 13.1. The highest BCUT2D eigenvalue weighted by Crippen LogP contribution is 2.66. The second-order valence-electron chi connectivity index (χ2n) is 9.40. The van der Waals surface area contributed by atoms with E-state index >= 15 is 0 Å². The molecule has 0 spiro atoms. The van der Waals surface area contributed by atoms with Crippen LogP contribution in [0.5, 0.6) is 0 Å². The molecule has 3 nitrogen and oxygen atoms in total. The molecule has 4 rings (SSSR count). The molecule has 4 aliphatic rings. The first-order valence-electron chi connectivity index (χ1n) is 9.82. The number of aliphatic hydroxyl groups excluding tert-OH is 1. The van der Waals surface area contributed by atoms with Gasteiger partial charge in [-0.25, -0.2) is 4.39 Å². The molecule has 1 N–H and O–H groups in total. The molecule has 0 unspecified atom stereocenters. The fraction of sp³-hybridized carbons (Fsp3) is 0.810. The van der Waals surface area contributed by atoms with Crippen molar-refractivity contribution in [2.75, 3.05) is 6.67 Å². The molecule has 4 aliphatic carbocycles. The van der Waals surface area contributed by atoms with Gasteiger partial charge < -0.3 is 5.11 Å². The Kier molecular flexibility index (Phi) is 3.99. The summed E-state index contributed by atoms with van der Waals surface area (Å²) < 4.78 is 13.1. The van der Waals surface area contributed by atoms with Gasteiger partial charge >= 0.3 is 0 Å². The number of aliphatic hydroxyl groups is 1. The van der Waals surface area contributed by atoms with Crippen molar-refractivity contribution in [3.63, 3.8) is 0 Å². The Hall–Kier alpha value is -1.03. The Morgan fingerprint density at radius 2 is 2.04 bits per heavy atom. The van der Waals surface area contributed by atoms with E-state index in [0.29, 0.717) is 24.7 Å². The highest BCUT2D eigenvalue weighted by molar-refractivity contribution is 5.91. The second-order valence-corrected chi connectivity index (χ2v) is 9.40. The smallest absolute Gasteiger partial charge is 0.167 e. The number of hydrogen-bond acceptors (Lipinski definition) is 3. The zero-order chi connectivity index (χ0) is 18.0. The van der Waals surface area contributed by atoms with E-state index in [1.54, 1.807) is 0 Å². The summed E-state index contributed by atoms with van der Waals surface area (Å²) in [5.74, 6) is 0.629. The van der Waals surface area contributed by atoms with E-state index in [4.69, 9.17) is 0 Å². The molecule has 0 saturated heterocycles. The molecule has 3 saturated carbocycles. The largest absolute Gasteiger partial charge is 0.393 e. The zero-order valence-corrected chi connectivity index (χ0v) is 15.3. The molecule has 0 aliphatic heterocycles. The highest BCUT2D eigenvalue weighted by Gasteiger charge is 2.62. The van der Waals surface area contributed by atoms with E-state index < -0.39 is 12.8 Å². The van der Waals surface area contributed by atoms with Gasteiger partial charge in [0.2, 0.25) is 0 Å². The van der Waals surface area contributed by atoms with Gasteiger partial charge in [0.15, 0.2) is 11.6 Å². The van der Waals surface area contributed by atoms with Crippen LogP contribution >= 0.6 is 0 Å². The van der Waals surface area contributed by atoms with Crippen molar-refractivity contribution in [3.8, 4) is 0 Å². The molecule has 25 heavy (non-hydrogen) atoms. The van der Waals surface area contributed by atoms with Gasteiger partial charge in [-0.05, 0) is 73.2 Å². The molecule has 7 atom stereocenters. The lowest BCUT2D eigenvalue weighted by Gasteiger charge is -2.59. The van der Waals surface area contributed by atoms with Crippen LogP contribution in [-0.4, -0.2) is 29.5 Å². The number of hydrogen-bond donors (Lipinski definition) is 1. The lowest BCUT2D eigenvalue weighted by atomic mass is 9.46. The van der Waals surface area contributed by atoms with Crippen LogP contribution in [0.1, 0.15) is 58.8 Å². The third-order valence-corrected chi connectivity index (χ3v) is 8.41. The zero-order valence-electron chi connectivity index (χ0n) is 15.3. The van der Waals surface area contributed by atoms with E-state index in [0.717, 1.165) is 32.1 Å². The first kappa shape index (κ1) is 17.4. The Bertz CT molecular complexity index is 641. The van der Waals surface area contributed by atoms with Crippen molar-refractivity contribution in [1.82, 2.24) is 0 Å². The van der Waals surface area contributed by atoms with Crippen LogP contribution in [0.2, 0.25) is 0 Å². The molecule has 0 bridgehead atoms. The van der Waals surface area contributed by atoms with Gasteiger partial charge in [0.25, 0.3) is 0 Å². The van der Waals surface area contributed by atoms with Crippen LogP contribution in [0, 0.1) is 34.5 Å². The van der Waals surface area contributed by atoms with E-state index in [2.05, 4.69) is 13.8 Å². The number of halogens is 1. The molecule has 4 heteroatoms. The molecular formula is C21H29FO3. The average Bonchev–Trinajstić information content (AvgIpc) is 2.91. The lowest BCUT2D eigenvalue weighted by molar-refractivity contribution is -0.145. The average molecular weight is 348 g/mol. The quantitative estimate of drug-likeness (QED) is 0.829. The summed E-state index contributed by atoms with van der Waals surface area (Å²) in [7, 11) is 0. The van der Waals surface area contributed by atoms with Crippen LogP contribution in [0.15, 0.2) is 11.6 Å². The van der Waals surface area contributed by atoms with Crippen LogP contribution in [0.25, 0.3) is 0 Å². The third kappa shape index (κ3) is 2.32. The van der Waals surface area contributed by atoms with Crippen molar-refractivity contribution in [3.05, 3.63) is 11.6 Å². The predicted molar refractivity (Wildman–Crippen MR) is 92.6 cm³/mol. The van der Waals surface area contributed by atoms with Crippen molar-refractivity contribution >= 4 is 11.6 Å². The topological polar surface area (TPSA) is 54.4 Å². The number of alkyl halides is 1. The number of rotatable bonds is 2. The van der Waals surface area contributed by atoms with Crippen LogP contribution < -0.4 is 0 Å². The fourth-order valence-electron chi connectivity index (χ4n) is 7.31. The summed E-state index contributed by atoms with van der Waals surface area (Å²) in [6, 6.07) is 0. The van der Waals surface area contributed by atoms with Gasteiger partial charge in [-0.2, -0.15) is 0 Å². The van der Waals surface area contributed by atoms with E-state index in [-0.39, 0.29) is 34.2 Å². The van der Waals surface area contributed by atoms with Crippen LogP contribution in [0.4, 0.5) is 4.39 Å². The van der Waals surface area contributed by atoms with Crippen LogP contribution in [-0.2, 0) is 9.59 Å². The fourth-order valence-corrected chi connectivity index (χ4v) is 7.31. The predicted octanol–water partition coefficient (Wildman–Crippen LogP) is 3.64. The molecular weight excluding hydrogens is 319 g/mol. The molecule has 3 fully saturated rings. The Labute approximate surface area is 149 Å². The van der Waals surface area contributed by atoms with Gasteiger partial charge in [-0.1, -0.05) is 19.4 Å². The molecule has 0 aromatic carbocycles. The summed E-state index contributed by atoms with van der Waals surface area (Å²) >= 11 is 0. The number of fused-ring (bicyclic) bond motifs is 5. The van der Waals surface area contributed by atoms with Gasteiger partial charge in [-0.3, -0.25) is 9.59 Å². The number of carbonyl (C=O) groups excluding carboxylic acids is 2. The van der Waals surface area contributed by atoms with E-state index in [1.165, 1.54) is 5.57 Å². The van der Waals surface area contributed by atoms with E-state index in [1.807, 2.05) is 6.08 Å². The number of allylic oxidation sites excluding steroid dienone is 1. The van der Waals surface area contributed by atoms with Crippen LogP contribution in [0.3, 0.4) is 0 Å². The molecule has 0 aromatic heterocycles. The normalized spacial score (nSPS) is 49.0. The summed E-state index contributed by atoms with van der Waals surface area (Å²) in [5, 5.41) is 11.1. The minimum atomic E-state index is -0.885. The van der Waals surface area contributed by atoms with Crippen molar-refractivity contribution < 1.29 is 19.1 Å². The summed E-state index contributed by atoms with van der Waals surface area (Å²) in [6.07, 6.45) is 6.98. The van der Waals surface area contributed by atoms with Gasteiger partial charge in [0.1, 0.15) is 6.67 Å². The monoisotopic (exact) mass is 348 g/mol. The third-order valence-electron chi connectivity index (χ3n) is 8.41. The minimum absolute atomic E-state index is 0.0975. The Morgan fingerprint density at radius 1 is 1.28 bits per heavy atom. The highest BCUT2D eigenvalue weighted by atomic mass is 19.1. The Morgan fingerprint density at radius 3 is 2.76 bits per heavy atom. The molecule has 0 amide bonds. The summed E-state index contributed by atoms with van der Waals surface area (Å²) in [5.41, 5.74) is 0.855. The minimum Gasteiger partial charge on any atom is -0.393 e. The summed E-state index contributed by atoms with van der Waals surface area (Å²) in [4.78, 5) is 24.0. The van der Waals surface area contributed by atoms with Gasteiger partial charge in [0.05, 0.1) is 6.10 Å². The molecule has 138 valence electrons. The van der Waals surface area contributed by atoms with Crippen molar-refractivity contribution in [2.45, 2.75) is 64.9 Å². The number of carbonyl (C=O) groups is 2. The molecule has 0 radical (unpaired) electrons. The van der Waals surface area contributed by atoms with Gasteiger partial charge in [0, 0.05) is 12.3 Å². The first-order chi connectivity index (χ1) is 11.8. The Balaban J connectivity index is 1.70. The molecule has 0 heterocycles. The number of Topliss-reactive ketones (excluding diaryl/α,β-unsaturated/α-hetero) is 1.